The molecule has 0 aromatic heterocycles. The quantitative estimate of drug-likeness (QED) is 0.785. The van der Waals surface area contributed by atoms with Gasteiger partial charge in [-0.15, -0.1) is 0 Å². The van der Waals surface area contributed by atoms with E-state index in [1.165, 1.54) is 21.3 Å². The second-order valence-corrected chi connectivity index (χ2v) is 8.20. The first-order valence-electron chi connectivity index (χ1n) is 8.24. The third-order valence-electron chi connectivity index (χ3n) is 4.36. The average molecular weight is 378 g/mol. The minimum absolute atomic E-state index is 0.0121. The Morgan fingerprint density at radius 3 is 2.46 bits per heavy atom. The Bertz CT molecular complexity index is 821. The Kier molecular flexibility index (Phi) is 6.34. The van der Waals surface area contributed by atoms with Gasteiger partial charge in [0.05, 0.1) is 17.0 Å². The van der Waals surface area contributed by atoms with Crippen molar-refractivity contribution in [3.63, 3.8) is 0 Å². The van der Waals surface area contributed by atoms with E-state index >= 15 is 0 Å². The predicted octanol–water partition coefficient (Wildman–Crippen LogP) is 0.163. The molecule has 8 nitrogen and oxygen atoms in total. The normalized spacial score (nSPS) is 15.9. The van der Waals surface area contributed by atoms with Gasteiger partial charge in [-0.3, -0.25) is 9.59 Å². The molecule has 26 heavy (non-hydrogen) atoms. The van der Waals surface area contributed by atoms with E-state index in [4.69, 9.17) is 5.26 Å². The fourth-order valence-corrected chi connectivity index (χ4v) is 4.36. The van der Waals surface area contributed by atoms with Crippen molar-refractivity contribution in [1.29, 1.82) is 5.26 Å². The second kappa shape index (κ2) is 8.29. The smallest absolute Gasteiger partial charge is 0.244 e. The number of hydrogen-bond acceptors (Lipinski definition) is 5. The number of carbonyl (C=O) groups excluding carboxylic acids is 2. The van der Waals surface area contributed by atoms with Gasteiger partial charge in [-0.25, -0.2) is 8.42 Å². The van der Waals surface area contributed by atoms with Gasteiger partial charge in [0.15, 0.2) is 0 Å². The molecule has 140 valence electrons. The number of hydrogen-bond donors (Lipinski definition) is 1. The highest BCUT2D eigenvalue weighted by Crippen LogP contribution is 2.25. The van der Waals surface area contributed by atoms with Crippen molar-refractivity contribution in [2.24, 2.45) is 5.92 Å². The van der Waals surface area contributed by atoms with E-state index in [-0.39, 0.29) is 47.8 Å². The first-order chi connectivity index (χ1) is 12.3. The SMILES string of the molecule is CN(C)C(=O)CNC(=O)C1CCN(S(=O)(=O)c2ccccc2C#N)CC1. The van der Waals surface area contributed by atoms with E-state index < -0.39 is 10.0 Å². The van der Waals surface area contributed by atoms with E-state index in [1.54, 1.807) is 26.2 Å². The predicted molar refractivity (Wildman–Crippen MR) is 94.3 cm³/mol. The standard InChI is InChI=1S/C17H22N4O4S/c1-20(2)16(22)12-19-17(23)13-7-9-21(10-8-13)26(24,25)15-6-4-3-5-14(15)11-18/h3-6,13H,7-10,12H2,1-2H3,(H,19,23). The summed E-state index contributed by atoms with van der Waals surface area (Å²) in [6.07, 6.45) is 0.742. The van der Waals surface area contributed by atoms with Gasteiger partial charge in [0, 0.05) is 33.1 Å². The van der Waals surface area contributed by atoms with Crippen LogP contribution >= 0.6 is 0 Å². The molecule has 2 rings (SSSR count). The molecular weight excluding hydrogens is 356 g/mol. The highest BCUT2D eigenvalue weighted by Gasteiger charge is 2.33. The van der Waals surface area contributed by atoms with E-state index in [0.717, 1.165) is 0 Å². The molecular formula is C17H22N4O4S. The van der Waals surface area contributed by atoms with Crippen LogP contribution in [0.3, 0.4) is 0 Å². The van der Waals surface area contributed by atoms with E-state index in [9.17, 15) is 18.0 Å². The Balaban J connectivity index is 1.98. The van der Waals surface area contributed by atoms with Crippen molar-refractivity contribution >= 4 is 21.8 Å². The number of rotatable bonds is 5. The summed E-state index contributed by atoms with van der Waals surface area (Å²) in [5.41, 5.74) is 0.106. The van der Waals surface area contributed by atoms with Crippen molar-refractivity contribution in [2.75, 3.05) is 33.7 Å². The molecule has 0 aliphatic carbocycles. The fraction of sp³-hybridized carbons (Fsp3) is 0.471. The Morgan fingerprint density at radius 1 is 1.27 bits per heavy atom. The van der Waals surface area contributed by atoms with Crippen LogP contribution in [0.5, 0.6) is 0 Å². The van der Waals surface area contributed by atoms with Gasteiger partial charge in [-0.2, -0.15) is 9.57 Å². The molecule has 0 radical (unpaired) electrons. The maximum atomic E-state index is 12.8. The van der Waals surface area contributed by atoms with Gasteiger partial charge in [0.25, 0.3) is 0 Å². The molecule has 1 aliphatic heterocycles. The highest BCUT2D eigenvalue weighted by molar-refractivity contribution is 7.89. The fourth-order valence-electron chi connectivity index (χ4n) is 2.75. The maximum Gasteiger partial charge on any atom is 0.244 e. The summed E-state index contributed by atoms with van der Waals surface area (Å²) in [5.74, 6) is -0.774. The number of nitriles is 1. The lowest BCUT2D eigenvalue weighted by Gasteiger charge is -2.30. The molecule has 2 amide bonds. The van der Waals surface area contributed by atoms with Crippen molar-refractivity contribution in [3.05, 3.63) is 29.8 Å². The molecule has 1 N–H and O–H groups in total. The van der Waals surface area contributed by atoms with Gasteiger partial charge in [0.1, 0.15) is 6.07 Å². The molecule has 1 aromatic rings. The minimum Gasteiger partial charge on any atom is -0.347 e. The number of likely N-dealkylation sites (N-methyl/N-ethyl adjacent to an activating group) is 1. The molecule has 1 saturated heterocycles. The van der Waals surface area contributed by atoms with Crippen LogP contribution in [0, 0.1) is 17.2 Å². The van der Waals surface area contributed by atoms with E-state index in [0.29, 0.717) is 12.8 Å². The number of nitrogens with one attached hydrogen (secondary N) is 1. The zero-order valence-electron chi connectivity index (χ0n) is 14.8. The molecule has 0 spiro atoms. The van der Waals surface area contributed by atoms with Crippen LogP contribution < -0.4 is 5.32 Å². The highest BCUT2D eigenvalue weighted by atomic mass is 32.2. The number of nitrogens with zero attached hydrogens (tertiary/aromatic N) is 3. The van der Waals surface area contributed by atoms with Crippen molar-refractivity contribution < 1.29 is 18.0 Å². The molecule has 0 saturated carbocycles. The zero-order valence-corrected chi connectivity index (χ0v) is 15.6. The molecule has 1 fully saturated rings. The third-order valence-corrected chi connectivity index (χ3v) is 6.32. The number of carbonyl (C=O) groups is 2. The number of benzene rings is 1. The van der Waals surface area contributed by atoms with Gasteiger partial charge in [-0.05, 0) is 25.0 Å². The minimum atomic E-state index is -3.77. The number of piperidine rings is 1. The maximum absolute atomic E-state index is 12.8. The second-order valence-electron chi connectivity index (χ2n) is 6.29. The lowest BCUT2D eigenvalue weighted by Crippen LogP contribution is -2.45. The molecule has 1 aliphatic rings. The Labute approximate surface area is 153 Å². The Morgan fingerprint density at radius 2 is 1.88 bits per heavy atom. The van der Waals surface area contributed by atoms with Gasteiger partial charge >= 0.3 is 0 Å². The van der Waals surface area contributed by atoms with Gasteiger partial charge < -0.3 is 10.2 Å². The molecule has 1 heterocycles. The summed E-state index contributed by atoms with van der Waals surface area (Å²) >= 11 is 0. The summed E-state index contributed by atoms with van der Waals surface area (Å²) in [7, 11) is -0.556. The number of sulfonamides is 1. The molecule has 9 heteroatoms. The molecule has 1 aromatic carbocycles. The van der Waals surface area contributed by atoms with Crippen LogP contribution in [0.2, 0.25) is 0 Å². The summed E-state index contributed by atoms with van der Waals surface area (Å²) in [6, 6.07) is 7.97. The van der Waals surface area contributed by atoms with Crippen molar-refractivity contribution in [3.8, 4) is 6.07 Å². The van der Waals surface area contributed by atoms with Gasteiger partial charge in [0.2, 0.25) is 21.8 Å². The molecule has 0 atom stereocenters. The Hall–Kier alpha value is -2.44. The van der Waals surface area contributed by atoms with Crippen molar-refractivity contribution in [1.82, 2.24) is 14.5 Å². The third kappa shape index (κ3) is 4.39. The summed E-state index contributed by atoms with van der Waals surface area (Å²) in [4.78, 5) is 25.1. The van der Waals surface area contributed by atoms with Crippen LogP contribution in [0.25, 0.3) is 0 Å². The largest absolute Gasteiger partial charge is 0.347 e. The summed E-state index contributed by atoms with van der Waals surface area (Å²) in [5, 5.41) is 11.7. The van der Waals surface area contributed by atoms with Crippen LogP contribution in [0.4, 0.5) is 0 Å². The number of amides is 2. The monoisotopic (exact) mass is 378 g/mol. The lowest BCUT2D eigenvalue weighted by atomic mass is 9.97. The van der Waals surface area contributed by atoms with Crippen LogP contribution in [-0.4, -0.2) is 63.2 Å². The summed E-state index contributed by atoms with van der Waals surface area (Å²) in [6.45, 7) is 0.323. The van der Waals surface area contributed by atoms with Gasteiger partial charge in [-0.1, -0.05) is 12.1 Å². The van der Waals surface area contributed by atoms with Crippen LogP contribution in [-0.2, 0) is 19.6 Å². The van der Waals surface area contributed by atoms with Crippen molar-refractivity contribution in [2.45, 2.75) is 17.7 Å². The molecule has 0 unspecified atom stereocenters. The van der Waals surface area contributed by atoms with E-state index in [1.807, 2.05) is 6.07 Å². The topological polar surface area (TPSA) is 111 Å². The van der Waals surface area contributed by atoms with Crippen LogP contribution in [0.15, 0.2) is 29.2 Å². The first-order valence-corrected chi connectivity index (χ1v) is 9.68. The van der Waals surface area contributed by atoms with Crippen LogP contribution in [0.1, 0.15) is 18.4 Å². The zero-order chi connectivity index (χ0) is 19.3. The average Bonchev–Trinajstić information content (AvgIpc) is 2.65. The lowest BCUT2D eigenvalue weighted by molar-refractivity contribution is -0.132. The summed E-state index contributed by atoms with van der Waals surface area (Å²) < 4.78 is 26.8. The van der Waals surface area contributed by atoms with E-state index in [2.05, 4.69) is 5.32 Å². The molecule has 0 bridgehead atoms. The first kappa shape index (κ1) is 19.9.